The van der Waals surface area contributed by atoms with Gasteiger partial charge in [0.05, 0.1) is 5.69 Å². The predicted octanol–water partition coefficient (Wildman–Crippen LogP) is 5.16. The van der Waals surface area contributed by atoms with Crippen molar-refractivity contribution in [1.29, 1.82) is 0 Å². The first-order chi connectivity index (χ1) is 9.24. The highest BCUT2D eigenvalue weighted by Gasteiger charge is 2.06. The molecular weight excluding hydrogens is 250 g/mol. The first-order valence-corrected chi connectivity index (χ1v) is 7.53. The molecule has 0 amide bonds. The summed E-state index contributed by atoms with van der Waals surface area (Å²) >= 11 is 1.77. The SMILES string of the molecule is CC(C)Cc1ccc(-c2nccc3sccc23)cc1. The molecule has 0 N–H and O–H groups in total. The molecule has 0 unspecified atom stereocenters. The fourth-order valence-corrected chi connectivity index (χ4v) is 3.18. The Morgan fingerprint density at radius 3 is 2.58 bits per heavy atom. The zero-order valence-electron chi connectivity index (χ0n) is 11.3. The summed E-state index contributed by atoms with van der Waals surface area (Å²) in [4.78, 5) is 4.55. The molecule has 0 saturated carbocycles. The van der Waals surface area contributed by atoms with E-state index in [9.17, 15) is 0 Å². The Balaban J connectivity index is 2.00. The van der Waals surface area contributed by atoms with E-state index in [1.165, 1.54) is 21.2 Å². The molecule has 19 heavy (non-hydrogen) atoms. The van der Waals surface area contributed by atoms with Gasteiger partial charge in [0.2, 0.25) is 0 Å². The van der Waals surface area contributed by atoms with Gasteiger partial charge in [-0.15, -0.1) is 11.3 Å². The quantitative estimate of drug-likeness (QED) is 0.638. The van der Waals surface area contributed by atoms with Crippen molar-refractivity contribution >= 4 is 21.4 Å². The van der Waals surface area contributed by atoms with E-state index in [0.29, 0.717) is 5.92 Å². The highest BCUT2D eigenvalue weighted by Crippen LogP contribution is 2.29. The molecule has 0 aliphatic rings. The van der Waals surface area contributed by atoms with Gasteiger partial charge in [-0.3, -0.25) is 4.98 Å². The molecule has 0 aliphatic heterocycles. The third-order valence-electron chi connectivity index (χ3n) is 3.25. The minimum atomic E-state index is 0.698. The molecule has 0 radical (unpaired) electrons. The van der Waals surface area contributed by atoms with Gasteiger partial charge in [0.25, 0.3) is 0 Å². The van der Waals surface area contributed by atoms with Crippen LogP contribution in [0.2, 0.25) is 0 Å². The Morgan fingerprint density at radius 1 is 1.05 bits per heavy atom. The van der Waals surface area contributed by atoms with Crippen LogP contribution in [0.3, 0.4) is 0 Å². The van der Waals surface area contributed by atoms with Crippen LogP contribution in [0.25, 0.3) is 21.3 Å². The summed E-state index contributed by atoms with van der Waals surface area (Å²) < 4.78 is 1.30. The molecule has 3 rings (SSSR count). The van der Waals surface area contributed by atoms with Gasteiger partial charge in [-0.05, 0) is 35.4 Å². The summed E-state index contributed by atoms with van der Waals surface area (Å²) in [7, 11) is 0. The van der Waals surface area contributed by atoms with Crippen molar-refractivity contribution < 1.29 is 0 Å². The number of hydrogen-bond acceptors (Lipinski definition) is 2. The Morgan fingerprint density at radius 2 is 1.84 bits per heavy atom. The van der Waals surface area contributed by atoms with Crippen LogP contribution in [0.4, 0.5) is 0 Å². The monoisotopic (exact) mass is 267 g/mol. The molecule has 3 aromatic rings. The van der Waals surface area contributed by atoms with E-state index in [2.05, 4.69) is 60.6 Å². The van der Waals surface area contributed by atoms with Crippen LogP contribution in [-0.2, 0) is 6.42 Å². The van der Waals surface area contributed by atoms with E-state index >= 15 is 0 Å². The van der Waals surface area contributed by atoms with Crippen molar-refractivity contribution in [2.24, 2.45) is 5.92 Å². The number of nitrogens with zero attached hydrogens (tertiary/aromatic N) is 1. The van der Waals surface area contributed by atoms with Gasteiger partial charge in [0.1, 0.15) is 0 Å². The van der Waals surface area contributed by atoms with Crippen molar-refractivity contribution in [3.05, 3.63) is 53.5 Å². The highest BCUT2D eigenvalue weighted by molar-refractivity contribution is 7.17. The van der Waals surface area contributed by atoms with Crippen molar-refractivity contribution in [2.75, 3.05) is 0 Å². The van der Waals surface area contributed by atoms with Crippen LogP contribution in [-0.4, -0.2) is 4.98 Å². The maximum Gasteiger partial charge on any atom is 0.0788 e. The van der Waals surface area contributed by atoms with E-state index < -0.39 is 0 Å². The second-order valence-electron chi connectivity index (χ2n) is 5.29. The molecule has 96 valence electrons. The Labute approximate surface area is 117 Å². The van der Waals surface area contributed by atoms with Gasteiger partial charge >= 0.3 is 0 Å². The van der Waals surface area contributed by atoms with E-state index in [4.69, 9.17) is 0 Å². The lowest BCUT2D eigenvalue weighted by atomic mass is 10.00. The molecular formula is C17H17NS. The normalized spacial score (nSPS) is 11.3. The number of benzene rings is 1. The number of pyridine rings is 1. The third kappa shape index (κ3) is 2.54. The summed E-state index contributed by atoms with van der Waals surface area (Å²) in [5, 5.41) is 3.38. The van der Waals surface area contributed by atoms with E-state index in [0.717, 1.165) is 12.1 Å². The Bertz CT molecular complexity index is 680. The zero-order valence-corrected chi connectivity index (χ0v) is 12.1. The highest BCUT2D eigenvalue weighted by atomic mass is 32.1. The van der Waals surface area contributed by atoms with Crippen LogP contribution in [0.1, 0.15) is 19.4 Å². The first kappa shape index (κ1) is 12.4. The Hall–Kier alpha value is -1.67. The minimum Gasteiger partial charge on any atom is -0.256 e. The molecule has 2 heteroatoms. The smallest absolute Gasteiger partial charge is 0.0788 e. The molecule has 0 atom stereocenters. The molecule has 1 nitrogen and oxygen atoms in total. The number of hydrogen-bond donors (Lipinski definition) is 0. The summed E-state index contributed by atoms with van der Waals surface area (Å²) in [6.45, 7) is 4.50. The maximum atomic E-state index is 4.55. The maximum absolute atomic E-state index is 4.55. The average molecular weight is 267 g/mol. The predicted molar refractivity (Wildman–Crippen MR) is 83.6 cm³/mol. The van der Waals surface area contributed by atoms with Crippen LogP contribution < -0.4 is 0 Å². The fraction of sp³-hybridized carbons (Fsp3) is 0.235. The van der Waals surface area contributed by atoms with Gasteiger partial charge in [0, 0.05) is 21.8 Å². The molecule has 0 spiro atoms. The van der Waals surface area contributed by atoms with E-state index in [-0.39, 0.29) is 0 Å². The lowest BCUT2D eigenvalue weighted by molar-refractivity contribution is 0.647. The topological polar surface area (TPSA) is 12.9 Å². The molecule has 1 aromatic carbocycles. The minimum absolute atomic E-state index is 0.698. The molecule has 0 fully saturated rings. The summed E-state index contributed by atoms with van der Waals surface area (Å²) in [5.74, 6) is 0.698. The second kappa shape index (κ2) is 5.14. The fourth-order valence-electron chi connectivity index (χ4n) is 2.39. The van der Waals surface area contributed by atoms with Crippen LogP contribution in [0.15, 0.2) is 48.0 Å². The summed E-state index contributed by atoms with van der Waals surface area (Å²) in [5.41, 5.74) is 3.70. The molecule has 0 bridgehead atoms. The van der Waals surface area contributed by atoms with Gasteiger partial charge in [-0.1, -0.05) is 38.1 Å². The van der Waals surface area contributed by atoms with Gasteiger partial charge in [-0.25, -0.2) is 0 Å². The number of fused-ring (bicyclic) bond motifs is 1. The molecule has 2 aromatic heterocycles. The van der Waals surface area contributed by atoms with Crippen LogP contribution in [0.5, 0.6) is 0 Å². The van der Waals surface area contributed by atoms with Crippen molar-refractivity contribution in [2.45, 2.75) is 20.3 Å². The first-order valence-electron chi connectivity index (χ1n) is 6.65. The van der Waals surface area contributed by atoms with E-state index in [1.54, 1.807) is 11.3 Å². The van der Waals surface area contributed by atoms with Crippen LogP contribution in [0, 0.1) is 5.92 Å². The average Bonchev–Trinajstić information content (AvgIpc) is 2.87. The lowest BCUT2D eigenvalue weighted by Gasteiger charge is -2.07. The molecule has 0 aliphatic carbocycles. The van der Waals surface area contributed by atoms with Crippen molar-refractivity contribution in [1.82, 2.24) is 4.98 Å². The van der Waals surface area contributed by atoms with Gasteiger partial charge < -0.3 is 0 Å². The largest absolute Gasteiger partial charge is 0.256 e. The summed E-state index contributed by atoms with van der Waals surface area (Å²) in [6, 6.07) is 13.1. The number of aromatic nitrogens is 1. The number of rotatable bonds is 3. The molecule has 0 saturated heterocycles. The third-order valence-corrected chi connectivity index (χ3v) is 4.13. The second-order valence-corrected chi connectivity index (χ2v) is 6.23. The van der Waals surface area contributed by atoms with E-state index in [1.807, 2.05) is 6.20 Å². The standard InChI is InChI=1S/C17H17NS/c1-12(2)11-13-3-5-14(6-4-13)17-15-8-10-19-16(15)7-9-18-17/h3-10,12H,11H2,1-2H3. The van der Waals surface area contributed by atoms with Gasteiger partial charge in [0.15, 0.2) is 0 Å². The lowest BCUT2D eigenvalue weighted by Crippen LogP contribution is -1.93. The summed E-state index contributed by atoms with van der Waals surface area (Å²) in [6.07, 6.45) is 3.03. The molecule has 2 heterocycles. The Kier molecular flexibility index (Phi) is 3.34. The zero-order chi connectivity index (χ0) is 13.2. The number of thiophene rings is 1. The van der Waals surface area contributed by atoms with Crippen molar-refractivity contribution in [3.63, 3.8) is 0 Å². The van der Waals surface area contributed by atoms with Gasteiger partial charge in [-0.2, -0.15) is 0 Å². The van der Waals surface area contributed by atoms with Crippen LogP contribution >= 0.6 is 11.3 Å². The van der Waals surface area contributed by atoms with Crippen molar-refractivity contribution in [3.8, 4) is 11.3 Å².